The number of amides is 1. The molecule has 0 radical (unpaired) electrons. The van der Waals surface area contributed by atoms with Crippen molar-refractivity contribution in [2.75, 3.05) is 13.1 Å². The van der Waals surface area contributed by atoms with E-state index in [0.29, 0.717) is 10.3 Å². The molecule has 0 saturated heterocycles. The van der Waals surface area contributed by atoms with E-state index in [-0.39, 0.29) is 18.8 Å². The van der Waals surface area contributed by atoms with Gasteiger partial charge in [-0.3, -0.25) is 4.90 Å². The molecule has 13 heteroatoms. The second-order valence-corrected chi connectivity index (χ2v) is 8.26. The summed E-state index contributed by atoms with van der Waals surface area (Å²) in [7, 11) is -4.30. The molecular weight excluding hydrogens is 386 g/mol. The van der Waals surface area contributed by atoms with E-state index >= 15 is 0 Å². The number of hydrogen-bond donors (Lipinski definition) is 1. The van der Waals surface area contributed by atoms with Crippen LogP contribution < -0.4 is 5.73 Å². The lowest BCUT2D eigenvalue weighted by Gasteiger charge is -2.24. The van der Waals surface area contributed by atoms with E-state index in [2.05, 4.69) is 14.5 Å². The Morgan fingerprint density at radius 1 is 1.44 bits per heavy atom. The van der Waals surface area contributed by atoms with Crippen molar-refractivity contribution in [2.24, 2.45) is 10.1 Å². The van der Waals surface area contributed by atoms with Gasteiger partial charge in [-0.2, -0.15) is 12.8 Å². The van der Waals surface area contributed by atoms with Gasteiger partial charge in [0, 0.05) is 17.5 Å². The predicted molar refractivity (Wildman–Crippen MR) is 90.7 cm³/mol. The molecule has 27 heavy (non-hydrogen) atoms. The molecule has 0 atom stereocenters. The van der Waals surface area contributed by atoms with Gasteiger partial charge in [-0.15, -0.1) is 5.10 Å². The molecule has 0 unspecified atom stereocenters. The van der Waals surface area contributed by atoms with Crippen LogP contribution in [0.3, 0.4) is 0 Å². The number of aromatic nitrogens is 3. The summed E-state index contributed by atoms with van der Waals surface area (Å²) in [6, 6.07) is 0. The number of sulfonamides is 1. The van der Waals surface area contributed by atoms with Gasteiger partial charge in [0.15, 0.2) is 0 Å². The second-order valence-electron chi connectivity index (χ2n) is 6.74. The summed E-state index contributed by atoms with van der Waals surface area (Å²) >= 11 is 0. The first-order valence-corrected chi connectivity index (χ1v) is 9.25. The third kappa shape index (κ3) is 5.70. The molecule has 0 bridgehead atoms. The van der Waals surface area contributed by atoms with Crippen LogP contribution in [0.2, 0.25) is 0 Å². The third-order valence-electron chi connectivity index (χ3n) is 3.21. The largest absolute Gasteiger partial charge is 0.444 e. The van der Waals surface area contributed by atoms with Gasteiger partial charge in [0.05, 0.1) is 13.1 Å². The Labute approximate surface area is 154 Å². The molecule has 150 valence electrons. The minimum atomic E-state index is -4.30. The minimum absolute atomic E-state index is 0.0209. The Morgan fingerprint density at radius 2 is 2.11 bits per heavy atom. The first-order valence-electron chi connectivity index (χ1n) is 7.81. The van der Waals surface area contributed by atoms with Crippen molar-refractivity contribution in [3.8, 4) is 0 Å². The van der Waals surface area contributed by atoms with Crippen molar-refractivity contribution in [3.63, 3.8) is 0 Å². The van der Waals surface area contributed by atoms with Crippen molar-refractivity contribution in [3.05, 3.63) is 17.6 Å². The zero-order valence-corrected chi connectivity index (χ0v) is 15.8. The number of alkyl halides is 2. The first kappa shape index (κ1) is 20.7. The Hall–Kier alpha value is -2.57. The quantitative estimate of drug-likeness (QED) is 0.714. The Bertz CT molecular complexity index is 872. The van der Waals surface area contributed by atoms with Crippen molar-refractivity contribution < 1.29 is 26.7 Å². The van der Waals surface area contributed by atoms with Gasteiger partial charge in [0.25, 0.3) is 11.6 Å². The third-order valence-corrected chi connectivity index (χ3v) is 4.24. The summed E-state index contributed by atoms with van der Waals surface area (Å²) < 4.78 is 58.2. The lowest BCUT2D eigenvalue weighted by Crippen LogP contribution is -2.36. The zero-order chi connectivity index (χ0) is 20.4. The number of hydrogen-bond acceptors (Lipinski definition) is 7. The molecule has 1 aliphatic rings. The Kier molecular flexibility index (Phi) is 5.82. The number of carbonyl (C=O) groups is 1. The predicted octanol–water partition coefficient (Wildman–Crippen LogP) is 0.766. The highest BCUT2D eigenvalue weighted by molar-refractivity contribution is 7.90. The molecule has 1 aromatic rings. The van der Waals surface area contributed by atoms with E-state index in [0.717, 1.165) is 12.5 Å². The highest BCUT2D eigenvalue weighted by Gasteiger charge is 2.28. The highest BCUT2D eigenvalue weighted by atomic mass is 32.2. The fourth-order valence-electron chi connectivity index (χ4n) is 2.05. The van der Waals surface area contributed by atoms with Crippen molar-refractivity contribution >= 4 is 22.3 Å². The molecular formula is C14H20F2N6O4S. The SMILES string of the molecule is CC(C)(C)OC(=O)N1CC(N)=C(C=NS(=O)(=O)c2ncn(CC(F)F)n2)C1. The molecule has 0 fully saturated rings. The van der Waals surface area contributed by atoms with Crippen LogP contribution in [0.5, 0.6) is 0 Å². The first-order chi connectivity index (χ1) is 12.4. The van der Waals surface area contributed by atoms with Crippen LogP contribution in [0, 0.1) is 0 Å². The maximum atomic E-state index is 12.3. The van der Waals surface area contributed by atoms with Crippen LogP contribution in [0.25, 0.3) is 0 Å². The topological polar surface area (TPSA) is 133 Å². The summed E-state index contributed by atoms with van der Waals surface area (Å²) in [6.07, 6.45) is -1.43. The second kappa shape index (κ2) is 7.58. The van der Waals surface area contributed by atoms with Crippen LogP contribution in [-0.2, 0) is 21.3 Å². The molecule has 1 aliphatic heterocycles. The van der Waals surface area contributed by atoms with E-state index in [1.807, 2.05) is 0 Å². The fraction of sp³-hybridized carbons (Fsp3) is 0.571. The average Bonchev–Trinajstić information content (AvgIpc) is 3.10. The fourth-order valence-corrected chi connectivity index (χ4v) is 2.80. The van der Waals surface area contributed by atoms with Gasteiger partial charge in [0.1, 0.15) is 18.5 Å². The molecule has 1 aromatic heterocycles. The number of halogens is 2. The van der Waals surface area contributed by atoms with Crippen molar-refractivity contribution in [1.82, 2.24) is 19.7 Å². The lowest BCUT2D eigenvalue weighted by atomic mass is 10.2. The molecule has 1 amide bonds. The Morgan fingerprint density at radius 3 is 2.70 bits per heavy atom. The maximum Gasteiger partial charge on any atom is 0.410 e. The van der Waals surface area contributed by atoms with Crippen LogP contribution in [0.1, 0.15) is 20.8 Å². The molecule has 2 N–H and O–H groups in total. The zero-order valence-electron chi connectivity index (χ0n) is 15.0. The molecule has 2 heterocycles. The number of nitrogens with zero attached hydrogens (tertiary/aromatic N) is 5. The number of nitrogens with two attached hydrogens (primary N) is 1. The number of ether oxygens (including phenoxy) is 1. The van der Waals surface area contributed by atoms with Crippen LogP contribution in [-0.4, -0.2) is 65.5 Å². The summed E-state index contributed by atoms with van der Waals surface area (Å²) in [5.74, 6) is 0. The summed E-state index contributed by atoms with van der Waals surface area (Å²) in [4.78, 5) is 16.8. The minimum Gasteiger partial charge on any atom is -0.444 e. The summed E-state index contributed by atoms with van der Waals surface area (Å²) in [5, 5.41) is 2.75. The molecule has 2 rings (SSSR count). The molecule has 0 aliphatic carbocycles. The van der Waals surface area contributed by atoms with E-state index in [9.17, 15) is 22.0 Å². The van der Waals surface area contributed by atoms with Gasteiger partial charge in [-0.1, -0.05) is 0 Å². The standard InChI is InChI=1S/C14H20F2N6O4S/c1-14(2,3)26-13(23)21-5-9(10(17)6-21)4-19-27(24,25)12-18-8-22(20-12)7-11(15)16/h4,8,11H,5-7,17H2,1-3H3. The van der Waals surface area contributed by atoms with Crippen molar-refractivity contribution in [2.45, 2.75) is 44.5 Å². The number of carbonyl (C=O) groups excluding carboxylic acids is 1. The van der Waals surface area contributed by atoms with Crippen molar-refractivity contribution in [1.29, 1.82) is 0 Å². The lowest BCUT2D eigenvalue weighted by molar-refractivity contribution is 0.0300. The molecule has 0 spiro atoms. The van der Waals surface area contributed by atoms with Gasteiger partial charge in [-0.05, 0) is 20.8 Å². The van der Waals surface area contributed by atoms with Gasteiger partial charge in [0.2, 0.25) is 0 Å². The summed E-state index contributed by atoms with van der Waals surface area (Å²) in [6.45, 7) is 4.45. The van der Waals surface area contributed by atoms with Gasteiger partial charge < -0.3 is 10.5 Å². The van der Waals surface area contributed by atoms with E-state index in [1.54, 1.807) is 20.8 Å². The highest BCUT2D eigenvalue weighted by Crippen LogP contribution is 2.17. The number of rotatable bonds is 5. The maximum absolute atomic E-state index is 12.3. The smallest absolute Gasteiger partial charge is 0.410 e. The van der Waals surface area contributed by atoms with E-state index in [4.69, 9.17) is 10.5 Å². The summed E-state index contributed by atoms with van der Waals surface area (Å²) in [5.41, 5.74) is 5.71. The monoisotopic (exact) mass is 406 g/mol. The van der Waals surface area contributed by atoms with E-state index in [1.165, 1.54) is 4.90 Å². The molecule has 10 nitrogen and oxygen atoms in total. The normalized spacial score (nSPS) is 16.0. The molecule has 0 aromatic carbocycles. The van der Waals surface area contributed by atoms with Gasteiger partial charge >= 0.3 is 16.1 Å². The van der Waals surface area contributed by atoms with Crippen LogP contribution in [0.4, 0.5) is 13.6 Å². The van der Waals surface area contributed by atoms with Crippen LogP contribution in [0.15, 0.2) is 27.2 Å². The van der Waals surface area contributed by atoms with Gasteiger partial charge in [-0.25, -0.2) is 23.2 Å². The molecule has 0 saturated carbocycles. The van der Waals surface area contributed by atoms with Crippen LogP contribution >= 0.6 is 0 Å². The van der Waals surface area contributed by atoms with E-state index < -0.39 is 39.8 Å². The Balaban J connectivity index is 2.07. The average molecular weight is 406 g/mol.